The number of hydrogen-bond acceptors (Lipinski definition) is 1. The van der Waals surface area contributed by atoms with Crippen LogP contribution in [0.5, 0.6) is 0 Å². The molecule has 0 fully saturated rings. The first-order valence-electron chi connectivity index (χ1n) is 6.57. The summed E-state index contributed by atoms with van der Waals surface area (Å²) >= 11 is 0. The molecular formula is C19H11NY-2. The van der Waals surface area contributed by atoms with Crippen molar-refractivity contribution in [1.82, 2.24) is 4.98 Å². The molecule has 2 heteroatoms. The summed E-state index contributed by atoms with van der Waals surface area (Å²) in [5, 5.41) is 4.71. The van der Waals surface area contributed by atoms with Gasteiger partial charge < -0.3 is 0 Å². The van der Waals surface area contributed by atoms with Crippen LogP contribution in [0, 0.1) is 12.1 Å². The Morgan fingerprint density at radius 1 is 0.857 bits per heavy atom. The van der Waals surface area contributed by atoms with Gasteiger partial charge in [-0.25, -0.2) is 11.1 Å². The molecule has 1 nitrogen and oxygen atoms in total. The minimum atomic E-state index is 0. The van der Waals surface area contributed by atoms with Crippen molar-refractivity contribution < 1.29 is 32.7 Å². The topological polar surface area (TPSA) is 12.9 Å². The Morgan fingerprint density at radius 2 is 1.76 bits per heavy atom. The average Bonchev–Trinajstić information content (AvgIpc) is 2.54. The van der Waals surface area contributed by atoms with Gasteiger partial charge in [0.05, 0.1) is 0 Å². The molecule has 4 aromatic rings. The van der Waals surface area contributed by atoms with Gasteiger partial charge >= 0.3 is 0 Å². The number of rotatable bonds is 1. The van der Waals surface area contributed by atoms with Gasteiger partial charge in [-0.2, -0.15) is 24.3 Å². The van der Waals surface area contributed by atoms with Crippen LogP contribution >= 0.6 is 0 Å². The Hall–Kier alpha value is -1.57. The van der Waals surface area contributed by atoms with Crippen molar-refractivity contribution in [3.63, 3.8) is 0 Å². The number of benzene rings is 3. The van der Waals surface area contributed by atoms with Gasteiger partial charge in [-0.3, -0.25) is 4.98 Å². The van der Waals surface area contributed by atoms with E-state index < -0.39 is 0 Å². The van der Waals surface area contributed by atoms with Crippen molar-refractivity contribution in [2.45, 2.75) is 0 Å². The van der Waals surface area contributed by atoms with Crippen molar-refractivity contribution in [3.8, 4) is 11.1 Å². The Morgan fingerprint density at radius 3 is 2.71 bits per heavy atom. The van der Waals surface area contributed by atoms with E-state index in [0.29, 0.717) is 0 Å². The zero-order valence-electron chi connectivity index (χ0n) is 11.4. The molecule has 0 atom stereocenters. The molecule has 1 aromatic heterocycles. The summed E-state index contributed by atoms with van der Waals surface area (Å²) in [6.45, 7) is 0. The molecule has 0 saturated heterocycles. The molecule has 0 saturated carbocycles. The number of fused-ring (bicyclic) bond motifs is 2. The summed E-state index contributed by atoms with van der Waals surface area (Å²) in [4.78, 5) is 4.19. The molecule has 0 bridgehead atoms. The molecule has 0 spiro atoms. The predicted molar refractivity (Wildman–Crippen MR) is 82.4 cm³/mol. The van der Waals surface area contributed by atoms with Crippen molar-refractivity contribution >= 4 is 21.5 Å². The first-order valence-corrected chi connectivity index (χ1v) is 6.57. The van der Waals surface area contributed by atoms with Crippen molar-refractivity contribution in [3.05, 3.63) is 79.1 Å². The molecule has 0 aliphatic heterocycles. The number of pyridine rings is 1. The summed E-state index contributed by atoms with van der Waals surface area (Å²) in [6.07, 6.45) is 3.69. The molecule has 0 amide bonds. The van der Waals surface area contributed by atoms with E-state index in [2.05, 4.69) is 53.5 Å². The second-order valence-electron chi connectivity index (χ2n) is 4.79. The van der Waals surface area contributed by atoms with E-state index in [9.17, 15) is 0 Å². The predicted octanol–water partition coefficient (Wildman–Crippen LogP) is 4.65. The molecule has 21 heavy (non-hydrogen) atoms. The summed E-state index contributed by atoms with van der Waals surface area (Å²) < 4.78 is 0. The van der Waals surface area contributed by atoms with Crippen LogP contribution in [0.2, 0.25) is 0 Å². The third-order valence-corrected chi connectivity index (χ3v) is 3.56. The maximum Gasteiger partial charge on any atom is 0.0181 e. The zero-order chi connectivity index (χ0) is 13.4. The van der Waals surface area contributed by atoms with Gasteiger partial charge in [0.15, 0.2) is 0 Å². The Labute approximate surface area is 148 Å². The monoisotopic (exact) mass is 342 g/mol. The van der Waals surface area contributed by atoms with Crippen LogP contribution in [0.3, 0.4) is 0 Å². The molecular weight excluding hydrogens is 331 g/mol. The van der Waals surface area contributed by atoms with Crippen LogP contribution in [-0.2, 0) is 32.7 Å². The molecule has 0 N–H and O–H groups in total. The molecule has 0 aliphatic rings. The smallest absolute Gasteiger partial charge is 0.0181 e. The molecule has 0 unspecified atom stereocenters. The van der Waals surface area contributed by atoms with E-state index >= 15 is 0 Å². The van der Waals surface area contributed by atoms with Crippen molar-refractivity contribution in [2.75, 3.05) is 0 Å². The summed E-state index contributed by atoms with van der Waals surface area (Å²) in [6, 6.07) is 25.3. The molecule has 4 rings (SSSR count). The molecule has 0 aliphatic carbocycles. The number of hydrogen-bond donors (Lipinski definition) is 0. The minimum absolute atomic E-state index is 0. The van der Waals surface area contributed by atoms with Gasteiger partial charge in [-0.15, -0.1) is 29.0 Å². The Kier molecular flexibility index (Phi) is 4.14. The molecule has 1 radical (unpaired) electrons. The van der Waals surface area contributed by atoms with E-state index in [0.717, 1.165) is 21.9 Å². The zero-order valence-corrected chi connectivity index (χ0v) is 14.2. The minimum Gasteiger partial charge on any atom is -0.267 e. The van der Waals surface area contributed by atoms with Crippen LogP contribution < -0.4 is 0 Å². The third-order valence-electron chi connectivity index (χ3n) is 3.56. The fourth-order valence-corrected chi connectivity index (χ4v) is 2.55. The van der Waals surface area contributed by atoms with Gasteiger partial charge in [0.2, 0.25) is 0 Å². The van der Waals surface area contributed by atoms with E-state index in [1.165, 1.54) is 10.8 Å². The van der Waals surface area contributed by atoms with Crippen molar-refractivity contribution in [2.24, 2.45) is 0 Å². The molecule has 1 heterocycles. The number of aromatic nitrogens is 1. The van der Waals surface area contributed by atoms with Crippen LogP contribution in [0.25, 0.3) is 32.7 Å². The normalized spacial score (nSPS) is 10.5. The third kappa shape index (κ3) is 2.64. The van der Waals surface area contributed by atoms with Crippen LogP contribution in [-0.4, -0.2) is 4.98 Å². The Balaban J connectivity index is 0.00000132. The SMILES string of the molecule is [Y].[c-]1cc2ccncc2cc1-c1[c-]ccc2ccccc12. The second-order valence-corrected chi connectivity index (χ2v) is 4.79. The van der Waals surface area contributed by atoms with Gasteiger partial charge in [-0.05, 0) is 0 Å². The van der Waals surface area contributed by atoms with Crippen LogP contribution in [0.1, 0.15) is 0 Å². The van der Waals surface area contributed by atoms with Crippen molar-refractivity contribution in [1.29, 1.82) is 0 Å². The van der Waals surface area contributed by atoms with E-state index in [1.807, 2.05) is 24.4 Å². The first-order chi connectivity index (χ1) is 9.92. The summed E-state index contributed by atoms with van der Waals surface area (Å²) in [5.74, 6) is 0. The maximum absolute atomic E-state index is 4.19. The summed E-state index contributed by atoms with van der Waals surface area (Å²) in [7, 11) is 0. The van der Waals surface area contributed by atoms with E-state index in [1.54, 1.807) is 6.20 Å². The molecule has 97 valence electrons. The first kappa shape index (κ1) is 14.4. The van der Waals surface area contributed by atoms with Gasteiger partial charge in [0.1, 0.15) is 0 Å². The second kappa shape index (κ2) is 6.05. The standard InChI is InChI=1S/C19H11N.Y/c1-2-6-18-15(4-1)5-3-7-19(18)16-9-8-14-10-11-20-13-17(14)12-16;/h1-6,8,10-13H;/q-2;. The van der Waals surface area contributed by atoms with Gasteiger partial charge in [0, 0.05) is 45.1 Å². The fraction of sp³-hybridized carbons (Fsp3) is 0. The van der Waals surface area contributed by atoms with Crippen LogP contribution in [0.4, 0.5) is 0 Å². The van der Waals surface area contributed by atoms with Crippen LogP contribution in [0.15, 0.2) is 67.0 Å². The average molecular weight is 342 g/mol. The van der Waals surface area contributed by atoms with E-state index in [4.69, 9.17) is 0 Å². The van der Waals surface area contributed by atoms with Gasteiger partial charge in [0.25, 0.3) is 0 Å². The number of nitrogens with zero attached hydrogens (tertiary/aromatic N) is 1. The molecule has 3 aromatic carbocycles. The largest absolute Gasteiger partial charge is 0.267 e. The Bertz CT molecular complexity index is 910. The van der Waals surface area contributed by atoms with Gasteiger partial charge in [-0.1, -0.05) is 35.0 Å². The summed E-state index contributed by atoms with van der Waals surface area (Å²) in [5.41, 5.74) is 2.15. The fourth-order valence-electron chi connectivity index (χ4n) is 2.55. The van der Waals surface area contributed by atoms with E-state index in [-0.39, 0.29) is 32.7 Å². The maximum atomic E-state index is 4.19. The quantitative estimate of drug-likeness (QED) is 0.459.